The lowest BCUT2D eigenvalue weighted by Gasteiger charge is -2.18. The van der Waals surface area contributed by atoms with Crippen molar-refractivity contribution in [3.8, 4) is 5.75 Å². The highest BCUT2D eigenvalue weighted by Crippen LogP contribution is 2.12. The van der Waals surface area contributed by atoms with E-state index in [1.807, 2.05) is 11.8 Å². The van der Waals surface area contributed by atoms with Gasteiger partial charge >= 0.3 is 0 Å². The minimum atomic E-state index is -0.167. The summed E-state index contributed by atoms with van der Waals surface area (Å²) in [5, 5.41) is 3.29. The van der Waals surface area contributed by atoms with Crippen LogP contribution in [-0.4, -0.2) is 35.6 Å². The van der Waals surface area contributed by atoms with Gasteiger partial charge in [0.05, 0.1) is 6.61 Å². The zero-order chi connectivity index (χ0) is 13.7. The molecule has 1 aromatic rings. The Morgan fingerprint density at radius 3 is 2.53 bits per heavy atom. The molecule has 1 aromatic carbocycles. The number of amides is 1. The smallest absolute Gasteiger partial charge is 0.257 e. The molecule has 0 radical (unpaired) electrons. The Hall–Kier alpha value is -1.62. The molecule has 0 aromatic heterocycles. The number of hydrogen-bond donors (Lipinski definition) is 1. The van der Waals surface area contributed by atoms with E-state index >= 15 is 0 Å². The van der Waals surface area contributed by atoms with Crippen LogP contribution in [0.25, 0.3) is 0 Å². The molecule has 0 unspecified atom stereocenters. The van der Waals surface area contributed by atoms with Crippen molar-refractivity contribution < 1.29 is 9.53 Å². The van der Waals surface area contributed by atoms with E-state index in [-0.39, 0.29) is 5.91 Å². The number of rotatable bonds is 3. The van der Waals surface area contributed by atoms with Gasteiger partial charge in [-0.05, 0) is 56.2 Å². The molecule has 1 N–H and O–H groups in total. The van der Waals surface area contributed by atoms with Crippen molar-refractivity contribution in [3.05, 3.63) is 29.8 Å². The van der Waals surface area contributed by atoms with Gasteiger partial charge in [0.25, 0.3) is 5.91 Å². The SMILES string of the molecule is CCOc1ccc(C(=O)NC(=S)N2CCCC2)cc1. The van der Waals surface area contributed by atoms with Crippen LogP contribution in [0.5, 0.6) is 5.75 Å². The quantitative estimate of drug-likeness (QED) is 0.861. The summed E-state index contributed by atoms with van der Waals surface area (Å²) >= 11 is 5.23. The predicted molar refractivity (Wildman–Crippen MR) is 78.5 cm³/mol. The molecule has 0 aliphatic carbocycles. The number of nitrogens with zero attached hydrogens (tertiary/aromatic N) is 1. The zero-order valence-corrected chi connectivity index (χ0v) is 11.8. The third kappa shape index (κ3) is 3.67. The molecule has 0 atom stereocenters. The maximum Gasteiger partial charge on any atom is 0.257 e. The standard InChI is InChI=1S/C14H18N2O2S/c1-2-18-12-7-5-11(6-8-12)13(17)15-14(19)16-9-3-4-10-16/h5-8H,2-4,9-10H2,1H3,(H,15,17,19). The predicted octanol–water partition coefficient (Wildman–Crippen LogP) is 2.20. The van der Waals surface area contributed by atoms with Gasteiger partial charge < -0.3 is 9.64 Å². The van der Waals surface area contributed by atoms with Crippen LogP contribution in [0.3, 0.4) is 0 Å². The van der Waals surface area contributed by atoms with Gasteiger partial charge in [-0.2, -0.15) is 0 Å². The van der Waals surface area contributed by atoms with Crippen molar-refractivity contribution in [2.24, 2.45) is 0 Å². The molecule has 1 aliphatic rings. The molecule has 4 nitrogen and oxygen atoms in total. The highest BCUT2D eigenvalue weighted by molar-refractivity contribution is 7.80. The van der Waals surface area contributed by atoms with Crippen LogP contribution in [0.2, 0.25) is 0 Å². The van der Waals surface area contributed by atoms with Gasteiger partial charge in [0.1, 0.15) is 5.75 Å². The Morgan fingerprint density at radius 1 is 1.32 bits per heavy atom. The summed E-state index contributed by atoms with van der Waals surface area (Å²) in [7, 11) is 0. The third-order valence-corrected chi connectivity index (χ3v) is 3.40. The van der Waals surface area contributed by atoms with E-state index in [1.165, 1.54) is 0 Å². The maximum atomic E-state index is 12.0. The molecule has 102 valence electrons. The second-order valence-corrected chi connectivity index (χ2v) is 4.80. The molecule has 1 heterocycles. The summed E-state index contributed by atoms with van der Waals surface area (Å²) < 4.78 is 5.34. The Morgan fingerprint density at radius 2 is 1.95 bits per heavy atom. The van der Waals surface area contributed by atoms with Gasteiger partial charge in [-0.3, -0.25) is 10.1 Å². The molecule has 5 heteroatoms. The van der Waals surface area contributed by atoms with Crippen molar-refractivity contribution in [1.29, 1.82) is 0 Å². The summed E-state index contributed by atoms with van der Waals surface area (Å²) in [4.78, 5) is 14.0. The molecule has 1 fully saturated rings. The van der Waals surface area contributed by atoms with Crippen LogP contribution >= 0.6 is 12.2 Å². The van der Waals surface area contributed by atoms with Gasteiger partial charge in [0, 0.05) is 18.7 Å². The number of carbonyl (C=O) groups excluding carboxylic acids is 1. The van der Waals surface area contributed by atoms with Crippen LogP contribution in [0.4, 0.5) is 0 Å². The average Bonchev–Trinajstić information content (AvgIpc) is 2.94. The molecule has 1 amide bonds. The molecule has 0 saturated carbocycles. The summed E-state index contributed by atoms with van der Waals surface area (Å²) in [6.45, 7) is 4.41. The van der Waals surface area contributed by atoms with Crippen molar-refractivity contribution in [1.82, 2.24) is 10.2 Å². The van der Waals surface area contributed by atoms with E-state index in [0.717, 1.165) is 31.7 Å². The van der Waals surface area contributed by atoms with Crippen molar-refractivity contribution in [2.75, 3.05) is 19.7 Å². The Bertz CT molecular complexity index is 453. The van der Waals surface area contributed by atoms with Gasteiger partial charge in [-0.25, -0.2) is 0 Å². The largest absolute Gasteiger partial charge is 0.494 e. The highest BCUT2D eigenvalue weighted by Gasteiger charge is 2.17. The van der Waals surface area contributed by atoms with E-state index in [0.29, 0.717) is 17.3 Å². The molecular weight excluding hydrogens is 260 g/mol. The van der Waals surface area contributed by atoms with Crippen LogP contribution in [-0.2, 0) is 0 Å². The Kier molecular flexibility index (Phi) is 4.74. The van der Waals surface area contributed by atoms with E-state index in [9.17, 15) is 4.79 Å². The summed E-state index contributed by atoms with van der Waals surface area (Å²) in [5.41, 5.74) is 0.588. The third-order valence-electron chi connectivity index (χ3n) is 3.04. The minimum absolute atomic E-state index is 0.167. The van der Waals surface area contributed by atoms with Crippen LogP contribution in [0.15, 0.2) is 24.3 Å². The Balaban J connectivity index is 1.93. The number of hydrogen-bond acceptors (Lipinski definition) is 3. The second-order valence-electron chi connectivity index (χ2n) is 4.41. The maximum absolute atomic E-state index is 12.0. The minimum Gasteiger partial charge on any atom is -0.494 e. The fourth-order valence-corrected chi connectivity index (χ4v) is 2.31. The lowest BCUT2D eigenvalue weighted by atomic mass is 10.2. The monoisotopic (exact) mass is 278 g/mol. The van der Waals surface area contributed by atoms with Crippen molar-refractivity contribution in [3.63, 3.8) is 0 Å². The first-order chi connectivity index (χ1) is 9.20. The fraction of sp³-hybridized carbons (Fsp3) is 0.429. The van der Waals surface area contributed by atoms with Crippen LogP contribution < -0.4 is 10.1 Å². The summed E-state index contributed by atoms with van der Waals surface area (Å²) in [6, 6.07) is 7.06. The molecule has 1 saturated heterocycles. The summed E-state index contributed by atoms with van der Waals surface area (Å²) in [5.74, 6) is 0.598. The molecule has 19 heavy (non-hydrogen) atoms. The van der Waals surface area contributed by atoms with Crippen LogP contribution in [0.1, 0.15) is 30.1 Å². The number of ether oxygens (including phenoxy) is 1. The lowest BCUT2D eigenvalue weighted by molar-refractivity contribution is 0.0974. The highest BCUT2D eigenvalue weighted by atomic mass is 32.1. The molecule has 1 aliphatic heterocycles. The second kappa shape index (κ2) is 6.52. The molecule has 0 bridgehead atoms. The average molecular weight is 278 g/mol. The van der Waals surface area contributed by atoms with Crippen molar-refractivity contribution in [2.45, 2.75) is 19.8 Å². The number of nitrogens with one attached hydrogen (secondary N) is 1. The zero-order valence-electron chi connectivity index (χ0n) is 11.0. The van der Waals surface area contributed by atoms with Gasteiger partial charge in [0.2, 0.25) is 0 Å². The van der Waals surface area contributed by atoms with Crippen molar-refractivity contribution >= 4 is 23.2 Å². The fourth-order valence-electron chi connectivity index (χ4n) is 2.04. The Labute approximate surface area is 118 Å². The molecule has 0 spiro atoms. The first-order valence-corrected chi connectivity index (χ1v) is 6.94. The number of benzene rings is 1. The van der Waals surface area contributed by atoms with E-state index in [4.69, 9.17) is 17.0 Å². The normalized spacial score (nSPS) is 14.3. The molecular formula is C14H18N2O2S. The molecule has 2 rings (SSSR count). The van der Waals surface area contributed by atoms with E-state index in [2.05, 4.69) is 5.32 Å². The first-order valence-electron chi connectivity index (χ1n) is 6.54. The number of carbonyl (C=O) groups is 1. The summed E-state index contributed by atoms with van der Waals surface area (Å²) in [6.07, 6.45) is 2.28. The van der Waals surface area contributed by atoms with Gasteiger partial charge in [-0.1, -0.05) is 0 Å². The topological polar surface area (TPSA) is 41.6 Å². The van der Waals surface area contributed by atoms with E-state index < -0.39 is 0 Å². The van der Waals surface area contributed by atoms with Gasteiger partial charge in [0.15, 0.2) is 5.11 Å². The number of likely N-dealkylation sites (tertiary alicyclic amines) is 1. The van der Waals surface area contributed by atoms with Gasteiger partial charge in [-0.15, -0.1) is 0 Å². The number of thiocarbonyl (C=S) groups is 1. The van der Waals surface area contributed by atoms with Crippen LogP contribution in [0, 0.1) is 0 Å². The first kappa shape index (κ1) is 13.8. The van der Waals surface area contributed by atoms with E-state index in [1.54, 1.807) is 24.3 Å². The lowest BCUT2D eigenvalue weighted by Crippen LogP contribution is -2.41.